The van der Waals surface area contributed by atoms with Crippen molar-refractivity contribution in [1.82, 2.24) is 0 Å². The molecule has 1 aromatic carbocycles. The van der Waals surface area contributed by atoms with Gasteiger partial charge < -0.3 is 11.1 Å². The first-order valence-electron chi connectivity index (χ1n) is 7.33. The Morgan fingerprint density at radius 2 is 1.90 bits per heavy atom. The largest absolute Gasteiger partial charge is 0.392 e. The summed E-state index contributed by atoms with van der Waals surface area (Å²) < 4.78 is 13.9. The van der Waals surface area contributed by atoms with Crippen LogP contribution < -0.4 is 11.1 Å². The fourth-order valence-corrected chi connectivity index (χ4v) is 3.18. The van der Waals surface area contributed by atoms with Gasteiger partial charge in [0.05, 0.1) is 16.1 Å². The summed E-state index contributed by atoms with van der Waals surface area (Å²) in [6.07, 6.45) is 5.28. The van der Waals surface area contributed by atoms with E-state index >= 15 is 0 Å². The molecule has 2 rings (SSSR count). The van der Waals surface area contributed by atoms with Gasteiger partial charge >= 0.3 is 0 Å². The van der Waals surface area contributed by atoms with E-state index in [9.17, 15) is 9.18 Å². The summed E-state index contributed by atoms with van der Waals surface area (Å²) in [5.41, 5.74) is 6.02. The maximum atomic E-state index is 13.9. The number of hydrogen-bond donors (Lipinski definition) is 2. The molecular weight excluding hydrogens is 287 g/mol. The second kappa shape index (κ2) is 6.52. The van der Waals surface area contributed by atoms with E-state index < -0.39 is 11.2 Å². The molecule has 0 saturated heterocycles. The second-order valence-corrected chi connectivity index (χ2v) is 6.24. The maximum absolute atomic E-state index is 13.9. The zero-order valence-electron chi connectivity index (χ0n) is 12.2. The van der Waals surface area contributed by atoms with Crippen LogP contribution in [-0.4, -0.2) is 10.9 Å². The van der Waals surface area contributed by atoms with Crippen LogP contribution in [-0.2, 0) is 4.79 Å². The molecular formula is C16H21FN2OS. The molecule has 1 fully saturated rings. The molecule has 1 amide bonds. The van der Waals surface area contributed by atoms with Crippen LogP contribution in [0.25, 0.3) is 0 Å². The maximum Gasteiger partial charge on any atom is 0.237 e. The number of carbonyl (C=O) groups is 1. The topological polar surface area (TPSA) is 55.1 Å². The van der Waals surface area contributed by atoms with Gasteiger partial charge in [-0.15, -0.1) is 0 Å². The van der Waals surface area contributed by atoms with E-state index in [1.807, 2.05) is 0 Å². The number of hydrogen-bond acceptors (Lipinski definition) is 2. The Morgan fingerprint density at radius 3 is 2.43 bits per heavy atom. The minimum Gasteiger partial charge on any atom is -0.392 e. The molecule has 1 saturated carbocycles. The molecule has 1 aromatic rings. The summed E-state index contributed by atoms with van der Waals surface area (Å²) in [7, 11) is 0. The Kier molecular flexibility index (Phi) is 4.93. The first kappa shape index (κ1) is 15.9. The number of amides is 1. The summed E-state index contributed by atoms with van der Waals surface area (Å²) in [4.78, 5) is 12.9. The van der Waals surface area contributed by atoms with Crippen molar-refractivity contribution in [3.05, 3.63) is 29.6 Å². The Labute approximate surface area is 130 Å². The molecule has 0 unspecified atom stereocenters. The molecule has 0 aromatic heterocycles. The Balaban J connectivity index is 2.24. The number of rotatable bonds is 3. The van der Waals surface area contributed by atoms with Crippen molar-refractivity contribution in [3.63, 3.8) is 0 Å². The van der Waals surface area contributed by atoms with Gasteiger partial charge in [-0.2, -0.15) is 0 Å². The molecule has 0 atom stereocenters. The second-order valence-electron chi connectivity index (χ2n) is 5.80. The van der Waals surface area contributed by atoms with Crippen LogP contribution in [0.1, 0.15) is 44.1 Å². The van der Waals surface area contributed by atoms with Crippen molar-refractivity contribution in [3.8, 4) is 0 Å². The fourth-order valence-electron chi connectivity index (χ4n) is 2.88. The van der Waals surface area contributed by atoms with Gasteiger partial charge in [-0.1, -0.05) is 44.0 Å². The lowest BCUT2D eigenvalue weighted by Gasteiger charge is -2.30. The first-order valence-corrected chi connectivity index (χ1v) is 7.74. The van der Waals surface area contributed by atoms with E-state index in [1.165, 1.54) is 6.07 Å². The standard InChI is InChI=1S/C16H21FN2OS/c1-11-6-7-13(12(17)10-11)19-15(20)16(14(18)21)8-4-2-3-5-9-16/h6-7,10H,2-5,8-9H2,1H3,(H2,18,21)(H,19,20). The smallest absolute Gasteiger partial charge is 0.237 e. The molecule has 3 N–H and O–H groups in total. The molecule has 1 aliphatic carbocycles. The highest BCUT2D eigenvalue weighted by atomic mass is 32.1. The van der Waals surface area contributed by atoms with Gasteiger partial charge in [-0.3, -0.25) is 4.79 Å². The van der Waals surface area contributed by atoms with E-state index in [-0.39, 0.29) is 16.6 Å². The summed E-state index contributed by atoms with van der Waals surface area (Å²) in [6, 6.07) is 4.74. The zero-order chi connectivity index (χ0) is 15.5. The van der Waals surface area contributed by atoms with Crippen molar-refractivity contribution in [2.45, 2.75) is 45.4 Å². The molecule has 0 heterocycles. The van der Waals surface area contributed by atoms with Crippen LogP contribution in [0.5, 0.6) is 0 Å². The third-order valence-electron chi connectivity index (χ3n) is 4.24. The van der Waals surface area contributed by atoms with Crippen LogP contribution in [0.15, 0.2) is 18.2 Å². The Bertz CT molecular complexity index is 551. The predicted molar refractivity (Wildman–Crippen MR) is 86.7 cm³/mol. The lowest BCUT2D eigenvalue weighted by molar-refractivity contribution is -0.122. The number of carbonyl (C=O) groups excluding carboxylic acids is 1. The first-order chi connectivity index (χ1) is 9.95. The molecule has 114 valence electrons. The molecule has 3 nitrogen and oxygen atoms in total. The third-order valence-corrected chi connectivity index (χ3v) is 4.63. The van der Waals surface area contributed by atoms with Gasteiger partial charge in [0.25, 0.3) is 0 Å². The lowest BCUT2D eigenvalue weighted by atomic mass is 9.79. The van der Waals surface area contributed by atoms with Crippen LogP contribution in [0.3, 0.4) is 0 Å². The minimum absolute atomic E-state index is 0.186. The number of thiocarbonyl (C=S) groups is 1. The van der Waals surface area contributed by atoms with Gasteiger partial charge in [0.2, 0.25) is 5.91 Å². The zero-order valence-corrected chi connectivity index (χ0v) is 13.1. The Morgan fingerprint density at radius 1 is 1.29 bits per heavy atom. The summed E-state index contributed by atoms with van der Waals surface area (Å²) in [6.45, 7) is 1.80. The number of nitrogens with two attached hydrogens (primary N) is 1. The van der Waals surface area contributed by atoms with Crippen LogP contribution in [0.4, 0.5) is 10.1 Å². The van der Waals surface area contributed by atoms with Crippen molar-refractivity contribution >= 4 is 28.8 Å². The molecule has 0 aliphatic heterocycles. The third kappa shape index (κ3) is 3.40. The van der Waals surface area contributed by atoms with Crippen LogP contribution in [0.2, 0.25) is 0 Å². The van der Waals surface area contributed by atoms with E-state index in [0.29, 0.717) is 12.8 Å². The molecule has 0 spiro atoms. The predicted octanol–water partition coefficient (Wildman–Crippen LogP) is 3.70. The highest BCUT2D eigenvalue weighted by Crippen LogP contribution is 2.37. The summed E-state index contributed by atoms with van der Waals surface area (Å²) in [5, 5.41) is 2.68. The van der Waals surface area contributed by atoms with Gasteiger partial charge in [-0.05, 0) is 37.5 Å². The fraction of sp³-hybridized carbons (Fsp3) is 0.500. The van der Waals surface area contributed by atoms with Gasteiger partial charge in [-0.25, -0.2) is 4.39 Å². The number of benzene rings is 1. The lowest BCUT2D eigenvalue weighted by Crippen LogP contribution is -2.45. The minimum atomic E-state index is -0.844. The van der Waals surface area contributed by atoms with E-state index in [2.05, 4.69) is 5.32 Å². The number of anilines is 1. The molecule has 21 heavy (non-hydrogen) atoms. The monoisotopic (exact) mass is 308 g/mol. The van der Waals surface area contributed by atoms with E-state index in [4.69, 9.17) is 18.0 Å². The van der Waals surface area contributed by atoms with E-state index in [1.54, 1.807) is 19.1 Å². The molecule has 0 bridgehead atoms. The van der Waals surface area contributed by atoms with Crippen molar-refractivity contribution in [2.24, 2.45) is 11.1 Å². The van der Waals surface area contributed by atoms with Crippen molar-refractivity contribution in [1.29, 1.82) is 0 Å². The van der Waals surface area contributed by atoms with Crippen molar-refractivity contribution in [2.75, 3.05) is 5.32 Å². The number of halogens is 1. The van der Waals surface area contributed by atoms with Gasteiger partial charge in [0.1, 0.15) is 5.82 Å². The Hall–Kier alpha value is -1.49. The summed E-state index contributed by atoms with van der Waals surface area (Å²) in [5.74, 6) is -0.713. The van der Waals surface area contributed by atoms with Crippen LogP contribution >= 0.6 is 12.2 Å². The van der Waals surface area contributed by atoms with Gasteiger partial charge in [0.15, 0.2) is 0 Å². The SMILES string of the molecule is Cc1ccc(NC(=O)C2(C(N)=S)CCCCCC2)c(F)c1. The number of nitrogens with one attached hydrogen (secondary N) is 1. The summed E-state index contributed by atoms with van der Waals surface area (Å²) >= 11 is 5.16. The quantitative estimate of drug-likeness (QED) is 0.661. The number of aryl methyl sites for hydroxylation is 1. The van der Waals surface area contributed by atoms with Crippen LogP contribution in [0, 0.1) is 18.2 Å². The highest BCUT2D eigenvalue weighted by Gasteiger charge is 2.41. The highest BCUT2D eigenvalue weighted by molar-refractivity contribution is 7.80. The molecule has 0 radical (unpaired) electrons. The molecule has 5 heteroatoms. The van der Waals surface area contributed by atoms with Gasteiger partial charge in [0, 0.05) is 0 Å². The average Bonchev–Trinajstić information content (AvgIpc) is 2.68. The molecule has 1 aliphatic rings. The van der Waals surface area contributed by atoms with Crippen molar-refractivity contribution < 1.29 is 9.18 Å². The van der Waals surface area contributed by atoms with E-state index in [0.717, 1.165) is 31.2 Å². The normalized spacial score (nSPS) is 17.8. The average molecular weight is 308 g/mol.